The van der Waals surface area contributed by atoms with Gasteiger partial charge in [-0.1, -0.05) is 22.6 Å². The maximum Gasteiger partial charge on any atom is 0.0651 e. The van der Waals surface area contributed by atoms with Crippen molar-refractivity contribution in [1.82, 2.24) is 4.90 Å². The second-order valence-corrected chi connectivity index (χ2v) is 4.53. The Morgan fingerprint density at radius 1 is 1.45 bits per heavy atom. The molecule has 3 heteroatoms. The van der Waals surface area contributed by atoms with E-state index in [4.69, 9.17) is 4.74 Å². The number of hydrogen-bond donors (Lipinski definition) is 0. The summed E-state index contributed by atoms with van der Waals surface area (Å²) in [7, 11) is 0. The van der Waals surface area contributed by atoms with Crippen LogP contribution in [0.5, 0.6) is 0 Å². The fourth-order valence-electron chi connectivity index (χ4n) is 1.82. The summed E-state index contributed by atoms with van der Waals surface area (Å²) in [6.45, 7) is 4.34. The Kier molecular flexibility index (Phi) is 2.39. The Balaban J connectivity index is 1.93. The number of ether oxygens (including phenoxy) is 1. The molecule has 0 unspecified atom stereocenters. The third kappa shape index (κ3) is 1.55. The lowest BCUT2D eigenvalue weighted by atomic mass is 10.2. The van der Waals surface area contributed by atoms with Gasteiger partial charge in [-0.25, -0.2) is 0 Å². The predicted octanol–water partition coefficient (Wildman–Crippen LogP) is 1.29. The predicted molar refractivity (Wildman–Crippen MR) is 53.2 cm³/mol. The number of hydrogen-bond acceptors (Lipinski definition) is 2. The van der Waals surface area contributed by atoms with Gasteiger partial charge in [-0.15, -0.1) is 0 Å². The van der Waals surface area contributed by atoms with Crippen molar-refractivity contribution in [2.45, 2.75) is 18.4 Å². The van der Waals surface area contributed by atoms with E-state index in [1.165, 1.54) is 23.8 Å². The van der Waals surface area contributed by atoms with Crippen LogP contribution in [0.4, 0.5) is 0 Å². The number of rotatable bonds is 2. The highest BCUT2D eigenvalue weighted by atomic mass is 127. The summed E-state index contributed by atoms with van der Waals surface area (Å²) < 4.78 is 6.73. The van der Waals surface area contributed by atoms with E-state index in [9.17, 15) is 0 Å². The molecule has 0 amide bonds. The molecule has 0 bridgehead atoms. The van der Waals surface area contributed by atoms with Gasteiger partial charge in [0.25, 0.3) is 0 Å². The summed E-state index contributed by atoms with van der Waals surface area (Å²) >= 11 is 2.45. The molecule has 2 aliphatic rings. The molecule has 0 atom stereocenters. The molecule has 2 nitrogen and oxygen atoms in total. The van der Waals surface area contributed by atoms with E-state index in [0.29, 0.717) is 5.54 Å². The lowest BCUT2D eigenvalue weighted by Crippen LogP contribution is -2.48. The fourth-order valence-corrected chi connectivity index (χ4v) is 2.40. The van der Waals surface area contributed by atoms with E-state index in [0.717, 1.165) is 19.8 Å². The minimum atomic E-state index is 0.503. The Morgan fingerprint density at radius 3 is 2.91 bits per heavy atom. The van der Waals surface area contributed by atoms with Gasteiger partial charge in [0.2, 0.25) is 0 Å². The molecule has 0 N–H and O–H groups in total. The summed E-state index contributed by atoms with van der Waals surface area (Å²) in [5, 5.41) is 0. The lowest BCUT2D eigenvalue weighted by molar-refractivity contribution is -0.0165. The highest BCUT2D eigenvalue weighted by Crippen LogP contribution is 2.43. The van der Waals surface area contributed by atoms with Gasteiger partial charge < -0.3 is 4.74 Å². The van der Waals surface area contributed by atoms with Gasteiger partial charge in [-0.2, -0.15) is 0 Å². The zero-order chi connectivity index (χ0) is 7.73. The summed E-state index contributed by atoms with van der Waals surface area (Å²) in [4.78, 5) is 2.61. The summed E-state index contributed by atoms with van der Waals surface area (Å²) in [5.74, 6) is 0. The van der Waals surface area contributed by atoms with Crippen LogP contribution in [-0.4, -0.2) is 41.2 Å². The second-order valence-electron chi connectivity index (χ2n) is 3.45. The Morgan fingerprint density at radius 2 is 2.27 bits per heavy atom. The Labute approximate surface area is 81.4 Å². The summed E-state index contributed by atoms with van der Waals surface area (Å²) in [6, 6.07) is 0. The van der Waals surface area contributed by atoms with Gasteiger partial charge in [0, 0.05) is 23.1 Å². The quantitative estimate of drug-likeness (QED) is 0.552. The third-order valence-corrected chi connectivity index (χ3v) is 3.21. The molecular formula is C8H14INO. The molecule has 2 rings (SSSR count). The van der Waals surface area contributed by atoms with Crippen molar-refractivity contribution < 1.29 is 4.74 Å². The molecule has 11 heavy (non-hydrogen) atoms. The normalized spacial score (nSPS) is 29.2. The first-order valence-corrected chi connectivity index (χ1v) is 5.79. The Hall–Kier alpha value is 0.650. The molecular weight excluding hydrogens is 253 g/mol. The van der Waals surface area contributed by atoms with Crippen molar-refractivity contribution in [2.24, 2.45) is 0 Å². The van der Waals surface area contributed by atoms with Gasteiger partial charge in [-0.3, -0.25) is 4.90 Å². The molecule has 0 radical (unpaired) electrons. The molecule has 2 fully saturated rings. The lowest BCUT2D eigenvalue weighted by Gasteiger charge is -2.35. The smallest absolute Gasteiger partial charge is 0.0651 e. The van der Waals surface area contributed by atoms with Gasteiger partial charge >= 0.3 is 0 Å². The number of halogens is 1. The number of alkyl halides is 1. The third-order valence-electron chi connectivity index (χ3n) is 2.73. The topological polar surface area (TPSA) is 12.5 Å². The molecule has 64 valence electrons. The van der Waals surface area contributed by atoms with Crippen molar-refractivity contribution >= 4 is 22.6 Å². The number of nitrogens with zero attached hydrogens (tertiary/aromatic N) is 1. The van der Waals surface area contributed by atoms with Crippen LogP contribution < -0.4 is 0 Å². The first-order valence-electron chi connectivity index (χ1n) is 4.26. The van der Waals surface area contributed by atoms with E-state index in [-0.39, 0.29) is 0 Å². The second kappa shape index (κ2) is 3.18. The van der Waals surface area contributed by atoms with Crippen LogP contribution in [0.1, 0.15) is 12.8 Å². The van der Waals surface area contributed by atoms with Crippen LogP contribution in [0.3, 0.4) is 0 Å². The summed E-state index contributed by atoms with van der Waals surface area (Å²) in [6.07, 6.45) is 2.73. The van der Waals surface area contributed by atoms with Crippen LogP contribution in [-0.2, 0) is 4.74 Å². The van der Waals surface area contributed by atoms with Crippen molar-refractivity contribution in [2.75, 3.05) is 30.7 Å². The molecule has 1 saturated heterocycles. The van der Waals surface area contributed by atoms with Gasteiger partial charge in [-0.05, 0) is 12.8 Å². The van der Waals surface area contributed by atoms with E-state index < -0.39 is 0 Å². The van der Waals surface area contributed by atoms with Crippen molar-refractivity contribution in [3.8, 4) is 0 Å². The zero-order valence-electron chi connectivity index (χ0n) is 6.68. The average molecular weight is 267 g/mol. The van der Waals surface area contributed by atoms with Crippen LogP contribution in [0.2, 0.25) is 0 Å². The van der Waals surface area contributed by atoms with E-state index in [1.807, 2.05) is 0 Å². The molecule has 0 aromatic carbocycles. The summed E-state index contributed by atoms with van der Waals surface area (Å²) in [5.41, 5.74) is 0.503. The van der Waals surface area contributed by atoms with E-state index >= 15 is 0 Å². The molecule has 0 aromatic heterocycles. The minimum absolute atomic E-state index is 0.503. The molecule has 1 heterocycles. The largest absolute Gasteiger partial charge is 0.378 e. The van der Waals surface area contributed by atoms with Crippen LogP contribution in [0, 0.1) is 0 Å². The minimum Gasteiger partial charge on any atom is -0.378 e. The highest BCUT2D eigenvalue weighted by Gasteiger charge is 2.49. The maximum atomic E-state index is 5.48. The molecule has 0 aromatic rings. The van der Waals surface area contributed by atoms with Gasteiger partial charge in [0.1, 0.15) is 0 Å². The average Bonchev–Trinajstić information content (AvgIpc) is 2.77. The molecule has 1 aliphatic carbocycles. The zero-order valence-corrected chi connectivity index (χ0v) is 8.84. The van der Waals surface area contributed by atoms with Crippen LogP contribution in [0.25, 0.3) is 0 Å². The standard InChI is InChI=1S/C8H14INO/c9-3-4-10-5-6-11-7-8(10)1-2-8/h1-7H2. The maximum absolute atomic E-state index is 5.48. The van der Waals surface area contributed by atoms with Crippen molar-refractivity contribution in [1.29, 1.82) is 0 Å². The first-order chi connectivity index (χ1) is 5.37. The van der Waals surface area contributed by atoms with Crippen LogP contribution in [0.15, 0.2) is 0 Å². The van der Waals surface area contributed by atoms with Gasteiger partial charge in [0.05, 0.1) is 13.2 Å². The molecule has 1 aliphatic heterocycles. The fraction of sp³-hybridized carbons (Fsp3) is 1.00. The van der Waals surface area contributed by atoms with E-state index in [2.05, 4.69) is 27.5 Å². The van der Waals surface area contributed by atoms with Crippen molar-refractivity contribution in [3.63, 3.8) is 0 Å². The first kappa shape index (κ1) is 8.26. The highest BCUT2D eigenvalue weighted by molar-refractivity contribution is 14.1. The van der Waals surface area contributed by atoms with Gasteiger partial charge in [0.15, 0.2) is 0 Å². The van der Waals surface area contributed by atoms with E-state index in [1.54, 1.807) is 0 Å². The molecule has 1 spiro atoms. The SMILES string of the molecule is ICCN1CCOCC12CC2. The molecule has 1 saturated carbocycles. The van der Waals surface area contributed by atoms with Crippen LogP contribution >= 0.6 is 22.6 Å². The van der Waals surface area contributed by atoms with Crippen molar-refractivity contribution in [3.05, 3.63) is 0 Å². The number of morpholine rings is 1. The monoisotopic (exact) mass is 267 g/mol. The Bertz CT molecular complexity index is 145.